The molecule has 0 fully saturated rings. The highest BCUT2D eigenvalue weighted by Gasteiger charge is 2.23. The van der Waals surface area contributed by atoms with Gasteiger partial charge in [-0.3, -0.25) is 4.79 Å². The topological polar surface area (TPSA) is 102 Å². The maximum atomic E-state index is 12.4. The highest BCUT2D eigenvalue weighted by molar-refractivity contribution is 7.89. The van der Waals surface area contributed by atoms with Gasteiger partial charge in [0.1, 0.15) is 0 Å². The van der Waals surface area contributed by atoms with Crippen molar-refractivity contribution < 1.29 is 22.7 Å². The minimum absolute atomic E-state index is 0.0673. The second-order valence-corrected chi connectivity index (χ2v) is 7.40. The summed E-state index contributed by atoms with van der Waals surface area (Å²) in [4.78, 5) is 24.2. The first-order chi connectivity index (χ1) is 12.2. The molecule has 2 N–H and O–H groups in total. The van der Waals surface area contributed by atoms with E-state index in [4.69, 9.17) is 0 Å². The third-order valence-electron chi connectivity index (χ3n) is 3.65. The second kappa shape index (κ2) is 8.11. The SMILES string of the molecule is COC(=O)c1ccccc1NC(=O)[C@H](C)NS(=O)(=O)c1ccc(C)cc1. The van der Waals surface area contributed by atoms with Gasteiger partial charge in [-0.25, -0.2) is 13.2 Å². The van der Waals surface area contributed by atoms with Crippen molar-refractivity contribution in [3.8, 4) is 0 Å². The Hall–Kier alpha value is -2.71. The Labute approximate surface area is 152 Å². The predicted molar refractivity (Wildman–Crippen MR) is 97.4 cm³/mol. The minimum Gasteiger partial charge on any atom is -0.465 e. The highest BCUT2D eigenvalue weighted by atomic mass is 32.2. The maximum Gasteiger partial charge on any atom is 0.339 e. The summed E-state index contributed by atoms with van der Waals surface area (Å²) in [5.74, 6) is -1.20. The summed E-state index contributed by atoms with van der Waals surface area (Å²) >= 11 is 0. The van der Waals surface area contributed by atoms with Crippen LogP contribution < -0.4 is 10.0 Å². The molecular formula is C18H20N2O5S. The van der Waals surface area contributed by atoms with Crippen LogP contribution in [0.3, 0.4) is 0 Å². The van der Waals surface area contributed by atoms with E-state index in [1.54, 1.807) is 24.3 Å². The standard InChI is InChI=1S/C18H20N2O5S/c1-12-8-10-14(11-9-12)26(23,24)20-13(2)17(21)19-16-7-5-4-6-15(16)18(22)25-3/h4-11,13,20H,1-3H3,(H,19,21)/t13-/m0/s1. The van der Waals surface area contributed by atoms with Crippen molar-refractivity contribution in [2.75, 3.05) is 12.4 Å². The first-order valence-corrected chi connectivity index (χ1v) is 9.30. The first kappa shape index (κ1) is 19.6. The summed E-state index contributed by atoms with van der Waals surface area (Å²) in [5.41, 5.74) is 1.34. The van der Waals surface area contributed by atoms with Gasteiger partial charge in [0.05, 0.1) is 29.3 Å². The van der Waals surface area contributed by atoms with Crippen LogP contribution in [0, 0.1) is 6.92 Å². The smallest absolute Gasteiger partial charge is 0.339 e. The molecule has 0 aliphatic carbocycles. The quantitative estimate of drug-likeness (QED) is 0.752. The summed E-state index contributed by atoms with van der Waals surface area (Å²) in [6, 6.07) is 11.5. The molecule has 26 heavy (non-hydrogen) atoms. The van der Waals surface area contributed by atoms with E-state index in [2.05, 4.69) is 14.8 Å². The maximum absolute atomic E-state index is 12.4. The number of sulfonamides is 1. The number of nitrogens with one attached hydrogen (secondary N) is 2. The summed E-state index contributed by atoms with van der Waals surface area (Å²) in [5, 5.41) is 2.54. The third kappa shape index (κ3) is 4.68. The summed E-state index contributed by atoms with van der Waals surface area (Å²) in [6.07, 6.45) is 0. The fourth-order valence-electron chi connectivity index (χ4n) is 2.19. The van der Waals surface area contributed by atoms with E-state index in [-0.39, 0.29) is 16.1 Å². The Bertz CT molecular complexity index is 907. The second-order valence-electron chi connectivity index (χ2n) is 5.68. The molecule has 7 nitrogen and oxygen atoms in total. The molecule has 0 saturated heterocycles. The van der Waals surface area contributed by atoms with Crippen LogP contribution >= 0.6 is 0 Å². The molecule has 0 heterocycles. The zero-order valence-corrected chi connectivity index (χ0v) is 15.5. The molecule has 0 aliphatic rings. The first-order valence-electron chi connectivity index (χ1n) is 7.82. The van der Waals surface area contributed by atoms with Crippen molar-refractivity contribution in [2.24, 2.45) is 0 Å². The van der Waals surface area contributed by atoms with Crippen molar-refractivity contribution in [3.63, 3.8) is 0 Å². The van der Waals surface area contributed by atoms with Gasteiger partial charge in [0.15, 0.2) is 0 Å². The molecule has 138 valence electrons. The number of rotatable bonds is 6. The van der Waals surface area contributed by atoms with Crippen LogP contribution in [0.15, 0.2) is 53.4 Å². The van der Waals surface area contributed by atoms with Crippen LogP contribution in [0.5, 0.6) is 0 Å². The van der Waals surface area contributed by atoms with Gasteiger partial charge < -0.3 is 10.1 Å². The van der Waals surface area contributed by atoms with E-state index in [9.17, 15) is 18.0 Å². The van der Waals surface area contributed by atoms with Crippen LogP contribution in [0.1, 0.15) is 22.8 Å². The zero-order valence-electron chi connectivity index (χ0n) is 14.6. The molecule has 2 aromatic carbocycles. The molecule has 0 spiro atoms. The Morgan fingerprint density at radius 3 is 2.27 bits per heavy atom. The van der Waals surface area contributed by atoms with Crippen LogP contribution in [0.2, 0.25) is 0 Å². The number of methoxy groups -OCH3 is 1. The van der Waals surface area contributed by atoms with Crippen molar-refractivity contribution in [3.05, 3.63) is 59.7 Å². The molecule has 1 atom stereocenters. The van der Waals surface area contributed by atoms with Crippen LogP contribution in [0.4, 0.5) is 5.69 Å². The lowest BCUT2D eigenvalue weighted by molar-refractivity contribution is -0.117. The van der Waals surface area contributed by atoms with Crippen molar-refractivity contribution in [1.82, 2.24) is 4.72 Å². The number of hydrogen-bond donors (Lipinski definition) is 2. The van der Waals surface area contributed by atoms with E-state index >= 15 is 0 Å². The zero-order chi connectivity index (χ0) is 19.3. The normalized spacial score (nSPS) is 12.3. The molecule has 2 aromatic rings. The molecule has 8 heteroatoms. The number of para-hydroxylation sites is 1. The van der Waals surface area contributed by atoms with E-state index in [1.807, 2.05) is 6.92 Å². The van der Waals surface area contributed by atoms with Crippen molar-refractivity contribution >= 4 is 27.6 Å². The number of ether oxygens (including phenoxy) is 1. The summed E-state index contributed by atoms with van der Waals surface area (Å²) < 4.78 is 31.7. The van der Waals surface area contributed by atoms with Crippen LogP contribution in [-0.2, 0) is 19.6 Å². The lowest BCUT2D eigenvalue weighted by Crippen LogP contribution is -2.41. The van der Waals surface area contributed by atoms with Gasteiger partial charge >= 0.3 is 5.97 Å². The lowest BCUT2D eigenvalue weighted by atomic mass is 10.1. The monoisotopic (exact) mass is 376 g/mol. The van der Waals surface area contributed by atoms with E-state index in [0.717, 1.165) is 5.56 Å². The fraction of sp³-hybridized carbons (Fsp3) is 0.222. The number of carbonyl (C=O) groups excluding carboxylic acids is 2. The number of aryl methyl sites for hydroxylation is 1. The Morgan fingerprint density at radius 2 is 1.65 bits per heavy atom. The van der Waals surface area contributed by atoms with Gasteiger partial charge in [-0.1, -0.05) is 29.8 Å². The van der Waals surface area contributed by atoms with Crippen molar-refractivity contribution in [2.45, 2.75) is 24.8 Å². The van der Waals surface area contributed by atoms with Gasteiger partial charge in [-0.2, -0.15) is 4.72 Å². The summed E-state index contributed by atoms with van der Waals surface area (Å²) in [7, 11) is -2.61. The molecule has 0 aliphatic heterocycles. The molecular weight excluding hydrogens is 356 g/mol. The third-order valence-corrected chi connectivity index (χ3v) is 5.20. The lowest BCUT2D eigenvalue weighted by Gasteiger charge is -2.16. The van der Waals surface area contributed by atoms with E-state index in [0.29, 0.717) is 0 Å². The van der Waals surface area contributed by atoms with E-state index in [1.165, 1.54) is 38.3 Å². The number of carbonyl (C=O) groups is 2. The molecule has 0 aromatic heterocycles. The molecule has 0 saturated carbocycles. The Balaban J connectivity index is 2.13. The largest absolute Gasteiger partial charge is 0.465 e. The van der Waals surface area contributed by atoms with Gasteiger partial charge in [-0.05, 0) is 38.1 Å². The molecule has 2 rings (SSSR count). The van der Waals surface area contributed by atoms with Gasteiger partial charge in [-0.15, -0.1) is 0 Å². The van der Waals surface area contributed by atoms with Gasteiger partial charge in [0, 0.05) is 0 Å². The summed E-state index contributed by atoms with van der Waals surface area (Å²) in [6.45, 7) is 3.26. The van der Waals surface area contributed by atoms with Gasteiger partial charge in [0.25, 0.3) is 0 Å². The average Bonchev–Trinajstić information content (AvgIpc) is 2.61. The number of benzene rings is 2. The number of hydrogen-bond acceptors (Lipinski definition) is 5. The Kier molecular flexibility index (Phi) is 6.12. The Morgan fingerprint density at radius 1 is 1.04 bits per heavy atom. The molecule has 1 amide bonds. The minimum atomic E-state index is -3.85. The van der Waals surface area contributed by atoms with Crippen molar-refractivity contribution in [1.29, 1.82) is 0 Å². The van der Waals surface area contributed by atoms with E-state index < -0.39 is 27.9 Å². The van der Waals surface area contributed by atoms with Crippen LogP contribution in [0.25, 0.3) is 0 Å². The fourth-order valence-corrected chi connectivity index (χ4v) is 3.40. The average molecular weight is 376 g/mol. The molecule has 0 bridgehead atoms. The molecule has 0 radical (unpaired) electrons. The van der Waals surface area contributed by atoms with Crippen LogP contribution in [-0.4, -0.2) is 33.4 Å². The highest BCUT2D eigenvalue weighted by Crippen LogP contribution is 2.17. The number of amides is 1. The predicted octanol–water partition coefficient (Wildman–Crippen LogP) is 2.09. The molecule has 0 unspecified atom stereocenters. The van der Waals surface area contributed by atoms with Gasteiger partial charge in [0.2, 0.25) is 15.9 Å². The number of anilines is 1. The number of esters is 1.